The quantitative estimate of drug-likeness (QED) is 0.815. The second-order valence-corrected chi connectivity index (χ2v) is 8.11. The number of nitrogens with zero attached hydrogens (tertiary/aromatic N) is 1. The smallest absolute Gasteiger partial charge is 0.0472 e. The summed E-state index contributed by atoms with van der Waals surface area (Å²) in [4.78, 5) is 2.69. The molecule has 0 aromatic rings. The highest BCUT2D eigenvalue weighted by molar-refractivity contribution is 4.92. The van der Waals surface area contributed by atoms with Crippen molar-refractivity contribution in [1.29, 1.82) is 0 Å². The zero-order chi connectivity index (χ0) is 14.7. The molecular weight excluding hydrogens is 260 g/mol. The Bertz CT molecular complexity index is 323. The normalized spacial score (nSPS) is 33.3. The number of hydrogen-bond donors (Lipinski definition) is 1. The lowest BCUT2D eigenvalue weighted by molar-refractivity contribution is -0.0110. The largest absolute Gasteiger partial charge is 0.381 e. The maximum atomic E-state index is 5.65. The first-order valence-corrected chi connectivity index (χ1v) is 9.18. The summed E-state index contributed by atoms with van der Waals surface area (Å²) in [5, 5.41) is 3.80. The van der Waals surface area contributed by atoms with E-state index in [0.29, 0.717) is 5.41 Å². The summed E-state index contributed by atoms with van der Waals surface area (Å²) in [6.45, 7) is 6.81. The van der Waals surface area contributed by atoms with Gasteiger partial charge < -0.3 is 15.0 Å². The van der Waals surface area contributed by atoms with Gasteiger partial charge >= 0.3 is 0 Å². The Morgan fingerprint density at radius 3 is 2.57 bits per heavy atom. The van der Waals surface area contributed by atoms with Crippen molar-refractivity contribution in [2.24, 2.45) is 11.3 Å². The van der Waals surface area contributed by atoms with E-state index in [1.54, 1.807) is 0 Å². The summed E-state index contributed by atoms with van der Waals surface area (Å²) in [5.74, 6) is 0.918. The fourth-order valence-electron chi connectivity index (χ4n) is 4.30. The summed E-state index contributed by atoms with van der Waals surface area (Å²) in [6, 6.07) is 1.64. The van der Waals surface area contributed by atoms with Gasteiger partial charge in [0.15, 0.2) is 0 Å². The molecule has 3 aliphatic rings. The summed E-state index contributed by atoms with van der Waals surface area (Å²) < 4.78 is 5.65. The summed E-state index contributed by atoms with van der Waals surface area (Å²) in [7, 11) is 2.37. The molecule has 21 heavy (non-hydrogen) atoms. The van der Waals surface area contributed by atoms with Gasteiger partial charge in [0, 0.05) is 38.4 Å². The first-order chi connectivity index (χ1) is 10.2. The van der Waals surface area contributed by atoms with E-state index >= 15 is 0 Å². The first kappa shape index (κ1) is 15.8. The predicted octanol–water partition coefficient (Wildman–Crippen LogP) is 3.05. The van der Waals surface area contributed by atoms with Crippen molar-refractivity contribution >= 4 is 0 Å². The molecule has 0 aromatic heterocycles. The van der Waals surface area contributed by atoms with Crippen LogP contribution in [0.15, 0.2) is 0 Å². The Balaban J connectivity index is 1.56. The molecule has 3 heteroatoms. The van der Waals surface area contributed by atoms with Crippen molar-refractivity contribution in [3.63, 3.8) is 0 Å². The third-order valence-corrected chi connectivity index (χ3v) is 6.01. The molecule has 3 fully saturated rings. The molecule has 1 aliphatic heterocycles. The van der Waals surface area contributed by atoms with Crippen LogP contribution in [0, 0.1) is 11.3 Å². The number of ether oxygens (including phenoxy) is 1. The standard InChI is InChI=1S/C18H34N2O/c1-15-4-3-5-17(12-15)20(2)14-18(8-10-21-11-9-18)13-19-16-6-7-16/h15-17,19H,3-14H2,1-2H3. The van der Waals surface area contributed by atoms with Crippen LogP contribution >= 0.6 is 0 Å². The maximum absolute atomic E-state index is 5.65. The van der Waals surface area contributed by atoms with Gasteiger partial charge in [-0.1, -0.05) is 19.8 Å². The van der Waals surface area contributed by atoms with Crippen molar-refractivity contribution in [2.45, 2.75) is 70.4 Å². The predicted molar refractivity (Wildman–Crippen MR) is 87.6 cm³/mol. The average molecular weight is 294 g/mol. The van der Waals surface area contributed by atoms with E-state index in [2.05, 4.69) is 24.2 Å². The van der Waals surface area contributed by atoms with Crippen molar-refractivity contribution in [2.75, 3.05) is 33.4 Å². The van der Waals surface area contributed by atoms with Crippen LogP contribution < -0.4 is 5.32 Å². The van der Waals surface area contributed by atoms with Gasteiger partial charge in [-0.05, 0) is 56.9 Å². The molecule has 0 radical (unpaired) electrons. The highest BCUT2D eigenvalue weighted by Gasteiger charge is 2.37. The van der Waals surface area contributed by atoms with Crippen LogP contribution in [0.1, 0.15) is 58.3 Å². The van der Waals surface area contributed by atoms with Crippen LogP contribution in [-0.4, -0.2) is 50.3 Å². The van der Waals surface area contributed by atoms with Crippen molar-refractivity contribution in [3.8, 4) is 0 Å². The van der Waals surface area contributed by atoms with Crippen molar-refractivity contribution in [1.82, 2.24) is 10.2 Å². The topological polar surface area (TPSA) is 24.5 Å². The SMILES string of the molecule is CC1CCCC(N(C)CC2(CNC3CC3)CCOCC2)C1. The van der Waals surface area contributed by atoms with Crippen LogP contribution in [-0.2, 0) is 4.74 Å². The van der Waals surface area contributed by atoms with Crippen LogP contribution in [0.2, 0.25) is 0 Å². The molecule has 3 nitrogen and oxygen atoms in total. The van der Waals surface area contributed by atoms with E-state index in [1.807, 2.05) is 0 Å². The van der Waals surface area contributed by atoms with E-state index in [9.17, 15) is 0 Å². The summed E-state index contributed by atoms with van der Waals surface area (Å²) in [5.41, 5.74) is 0.455. The Morgan fingerprint density at radius 1 is 1.14 bits per heavy atom. The average Bonchev–Trinajstić information content (AvgIpc) is 3.30. The number of nitrogens with one attached hydrogen (secondary N) is 1. The molecule has 2 atom stereocenters. The molecule has 3 rings (SSSR count). The fraction of sp³-hybridized carbons (Fsp3) is 1.00. The molecule has 1 N–H and O–H groups in total. The van der Waals surface area contributed by atoms with Crippen LogP contribution in [0.4, 0.5) is 0 Å². The van der Waals surface area contributed by atoms with Crippen LogP contribution in [0.3, 0.4) is 0 Å². The van der Waals surface area contributed by atoms with Crippen LogP contribution in [0.5, 0.6) is 0 Å². The van der Waals surface area contributed by atoms with Crippen molar-refractivity contribution in [3.05, 3.63) is 0 Å². The maximum Gasteiger partial charge on any atom is 0.0472 e. The zero-order valence-electron chi connectivity index (χ0n) is 14.1. The fourth-order valence-corrected chi connectivity index (χ4v) is 4.30. The minimum Gasteiger partial charge on any atom is -0.381 e. The van der Waals surface area contributed by atoms with E-state index < -0.39 is 0 Å². The molecule has 0 bridgehead atoms. The molecule has 122 valence electrons. The van der Waals surface area contributed by atoms with E-state index in [1.165, 1.54) is 64.5 Å². The van der Waals surface area contributed by atoms with Gasteiger partial charge in [-0.2, -0.15) is 0 Å². The van der Waals surface area contributed by atoms with Gasteiger partial charge in [-0.15, -0.1) is 0 Å². The lowest BCUT2D eigenvalue weighted by atomic mass is 9.78. The minimum atomic E-state index is 0.455. The monoisotopic (exact) mass is 294 g/mol. The Hall–Kier alpha value is -0.120. The molecule has 2 unspecified atom stereocenters. The highest BCUT2D eigenvalue weighted by Crippen LogP contribution is 2.35. The molecular formula is C18H34N2O. The Labute approximate surface area is 130 Å². The molecule has 2 saturated carbocycles. The zero-order valence-corrected chi connectivity index (χ0v) is 14.1. The third kappa shape index (κ3) is 4.43. The van der Waals surface area contributed by atoms with Gasteiger partial charge in [0.2, 0.25) is 0 Å². The molecule has 0 spiro atoms. The van der Waals surface area contributed by atoms with Gasteiger partial charge in [0.25, 0.3) is 0 Å². The number of hydrogen-bond acceptors (Lipinski definition) is 3. The summed E-state index contributed by atoms with van der Waals surface area (Å²) in [6.07, 6.45) is 10.9. The molecule has 1 saturated heterocycles. The molecule has 1 heterocycles. The van der Waals surface area contributed by atoms with E-state index in [-0.39, 0.29) is 0 Å². The summed E-state index contributed by atoms with van der Waals surface area (Å²) >= 11 is 0. The first-order valence-electron chi connectivity index (χ1n) is 9.18. The number of rotatable bonds is 6. The van der Waals surface area contributed by atoms with E-state index in [0.717, 1.165) is 31.2 Å². The Morgan fingerprint density at radius 2 is 1.90 bits per heavy atom. The lowest BCUT2D eigenvalue weighted by Gasteiger charge is -2.44. The van der Waals surface area contributed by atoms with Gasteiger partial charge in [0.05, 0.1) is 0 Å². The van der Waals surface area contributed by atoms with Crippen LogP contribution in [0.25, 0.3) is 0 Å². The van der Waals surface area contributed by atoms with Gasteiger partial charge in [-0.3, -0.25) is 0 Å². The molecule has 0 amide bonds. The highest BCUT2D eigenvalue weighted by atomic mass is 16.5. The Kier molecular flexibility index (Phi) is 5.23. The second-order valence-electron chi connectivity index (χ2n) is 8.11. The van der Waals surface area contributed by atoms with Gasteiger partial charge in [-0.25, -0.2) is 0 Å². The van der Waals surface area contributed by atoms with Gasteiger partial charge in [0.1, 0.15) is 0 Å². The lowest BCUT2D eigenvalue weighted by Crippen LogP contribution is -2.49. The van der Waals surface area contributed by atoms with E-state index in [4.69, 9.17) is 4.74 Å². The molecule has 2 aliphatic carbocycles. The second kappa shape index (κ2) is 6.97. The third-order valence-electron chi connectivity index (χ3n) is 6.01. The molecule has 0 aromatic carbocycles. The van der Waals surface area contributed by atoms with Crippen molar-refractivity contribution < 1.29 is 4.74 Å². The minimum absolute atomic E-state index is 0.455.